The molecule has 0 saturated carbocycles. The van der Waals surface area contributed by atoms with E-state index in [1.54, 1.807) is 4.90 Å². The van der Waals surface area contributed by atoms with E-state index in [1.807, 2.05) is 37.3 Å². The van der Waals surface area contributed by atoms with E-state index in [9.17, 15) is 9.59 Å². The van der Waals surface area contributed by atoms with Crippen molar-refractivity contribution < 1.29 is 19.4 Å². The number of hydrogen-bond donors (Lipinski definition) is 1. The van der Waals surface area contributed by atoms with Crippen molar-refractivity contribution in [2.75, 3.05) is 13.2 Å². The van der Waals surface area contributed by atoms with Crippen LogP contribution in [0.2, 0.25) is 0 Å². The zero-order valence-corrected chi connectivity index (χ0v) is 12.2. The lowest BCUT2D eigenvalue weighted by Crippen LogP contribution is -2.41. The van der Waals surface area contributed by atoms with Gasteiger partial charge in [0.05, 0.1) is 12.5 Å². The van der Waals surface area contributed by atoms with Gasteiger partial charge in [-0.25, -0.2) is 0 Å². The molecule has 1 amide bonds. The van der Waals surface area contributed by atoms with E-state index in [4.69, 9.17) is 9.84 Å². The van der Waals surface area contributed by atoms with Crippen molar-refractivity contribution in [3.05, 3.63) is 35.9 Å². The molecular weight excluding hydrogens is 270 g/mol. The van der Waals surface area contributed by atoms with E-state index in [-0.39, 0.29) is 24.9 Å². The normalized spacial score (nSPS) is 19.2. The molecule has 21 heavy (non-hydrogen) atoms. The van der Waals surface area contributed by atoms with Crippen LogP contribution in [-0.2, 0) is 14.3 Å². The van der Waals surface area contributed by atoms with Gasteiger partial charge in [0.2, 0.25) is 0 Å². The molecule has 1 aromatic rings. The summed E-state index contributed by atoms with van der Waals surface area (Å²) in [6.07, 6.45) is 1.10. The molecule has 1 fully saturated rings. The Kier molecular flexibility index (Phi) is 5.33. The van der Waals surface area contributed by atoms with Crippen molar-refractivity contribution in [1.29, 1.82) is 0 Å². The lowest BCUT2D eigenvalue weighted by atomic mass is 10.1. The third-order valence-corrected chi connectivity index (χ3v) is 3.80. The highest BCUT2D eigenvalue weighted by molar-refractivity contribution is 5.82. The summed E-state index contributed by atoms with van der Waals surface area (Å²) in [6, 6.07) is 9.47. The Labute approximate surface area is 124 Å². The smallest absolute Gasteiger partial charge is 0.305 e. The van der Waals surface area contributed by atoms with E-state index in [1.165, 1.54) is 0 Å². The topological polar surface area (TPSA) is 66.8 Å². The van der Waals surface area contributed by atoms with E-state index in [2.05, 4.69) is 0 Å². The van der Waals surface area contributed by atoms with Crippen LogP contribution in [0.15, 0.2) is 30.3 Å². The molecule has 5 heteroatoms. The van der Waals surface area contributed by atoms with E-state index in [0.29, 0.717) is 13.0 Å². The largest absolute Gasteiger partial charge is 0.481 e. The average molecular weight is 291 g/mol. The predicted octanol–water partition coefficient (Wildman–Crippen LogP) is 2.23. The van der Waals surface area contributed by atoms with Gasteiger partial charge in [0.1, 0.15) is 6.10 Å². The first-order valence-electron chi connectivity index (χ1n) is 7.28. The number of ether oxygens (including phenoxy) is 1. The summed E-state index contributed by atoms with van der Waals surface area (Å²) in [7, 11) is 0. The molecule has 2 rings (SSSR count). The fraction of sp³-hybridized carbons (Fsp3) is 0.500. The van der Waals surface area contributed by atoms with Crippen LogP contribution < -0.4 is 0 Å². The summed E-state index contributed by atoms with van der Waals surface area (Å²) in [5.74, 6) is -1.01. The number of carbonyl (C=O) groups is 2. The molecule has 0 bridgehead atoms. The molecule has 2 atom stereocenters. The van der Waals surface area contributed by atoms with Gasteiger partial charge >= 0.3 is 5.97 Å². The molecule has 2 unspecified atom stereocenters. The van der Waals surface area contributed by atoms with Crippen molar-refractivity contribution in [3.8, 4) is 0 Å². The molecule has 1 heterocycles. The Balaban J connectivity index is 2.14. The second-order valence-electron chi connectivity index (χ2n) is 5.26. The maximum Gasteiger partial charge on any atom is 0.305 e. The standard InChI is InChI=1S/C16H21NO4/c1-12(13-6-3-2-4-7-13)17(10-9-15(18)19)16(20)14-8-5-11-21-14/h2-4,6-7,12,14H,5,8-11H2,1H3,(H,18,19). The highest BCUT2D eigenvalue weighted by atomic mass is 16.5. The Morgan fingerprint density at radius 2 is 2.10 bits per heavy atom. The molecule has 114 valence electrons. The zero-order valence-electron chi connectivity index (χ0n) is 12.2. The molecule has 0 aliphatic carbocycles. The van der Waals surface area contributed by atoms with Gasteiger partial charge in [-0.15, -0.1) is 0 Å². The van der Waals surface area contributed by atoms with Crippen LogP contribution in [0.4, 0.5) is 0 Å². The number of benzene rings is 1. The van der Waals surface area contributed by atoms with E-state index >= 15 is 0 Å². The Bertz CT molecular complexity index is 482. The SMILES string of the molecule is CC(c1ccccc1)N(CCC(=O)O)C(=O)C1CCCO1. The molecule has 0 spiro atoms. The summed E-state index contributed by atoms with van der Waals surface area (Å²) in [5, 5.41) is 8.89. The molecule has 5 nitrogen and oxygen atoms in total. The van der Waals surface area contributed by atoms with Crippen LogP contribution in [0.25, 0.3) is 0 Å². The monoisotopic (exact) mass is 291 g/mol. The minimum atomic E-state index is -0.902. The van der Waals surface area contributed by atoms with Gasteiger partial charge < -0.3 is 14.7 Å². The summed E-state index contributed by atoms with van der Waals surface area (Å²) in [4.78, 5) is 25.0. The minimum Gasteiger partial charge on any atom is -0.481 e. The van der Waals surface area contributed by atoms with Gasteiger partial charge in [0, 0.05) is 13.2 Å². The van der Waals surface area contributed by atoms with Gasteiger partial charge in [-0.2, -0.15) is 0 Å². The van der Waals surface area contributed by atoms with Crippen molar-refractivity contribution in [1.82, 2.24) is 4.90 Å². The first kappa shape index (κ1) is 15.5. The molecule has 1 N–H and O–H groups in total. The second kappa shape index (κ2) is 7.22. The molecule has 1 aromatic carbocycles. The number of hydrogen-bond acceptors (Lipinski definition) is 3. The molecule has 1 aliphatic rings. The van der Waals surface area contributed by atoms with Crippen LogP contribution in [0.1, 0.15) is 37.8 Å². The maximum absolute atomic E-state index is 12.6. The number of rotatable bonds is 6. The van der Waals surface area contributed by atoms with Gasteiger partial charge in [-0.05, 0) is 25.3 Å². The summed E-state index contributed by atoms with van der Waals surface area (Å²) in [5.41, 5.74) is 0.995. The quantitative estimate of drug-likeness (QED) is 0.872. The second-order valence-corrected chi connectivity index (χ2v) is 5.26. The molecule has 0 radical (unpaired) electrons. The number of carboxylic acid groups (broad SMARTS) is 1. The summed E-state index contributed by atoms with van der Waals surface area (Å²) >= 11 is 0. The Morgan fingerprint density at radius 1 is 1.38 bits per heavy atom. The van der Waals surface area contributed by atoms with Gasteiger partial charge in [-0.3, -0.25) is 9.59 Å². The lowest BCUT2D eigenvalue weighted by molar-refractivity contribution is -0.145. The summed E-state index contributed by atoms with van der Waals surface area (Å²) in [6.45, 7) is 2.72. The maximum atomic E-state index is 12.6. The highest BCUT2D eigenvalue weighted by Gasteiger charge is 2.31. The number of carboxylic acids is 1. The number of nitrogens with zero attached hydrogens (tertiary/aromatic N) is 1. The fourth-order valence-corrected chi connectivity index (χ4v) is 2.58. The first-order valence-corrected chi connectivity index (χ1v) is 7.28. The molecule has 0 aromatic heterocycles. The number of aliphatic carboxylic acids is 1. The van der Waals surface area contributed by atoms with Gasteiger partial charge in [0.25, 0.3) is 5.91 Å². The van der Waals surface area contributed by atoms with Crippen LogP contribution in [0.5, 0.6) is 0 Å². The number of amides is 1. The van der Waals surface area contributed by atoms with Gasteiger partial charge in [0.15, 0.2) is 0 Å². The predicted molar refractivity (Wildman–Crippen MR) is 77.8 cm³/mol. The lowest BCUT2D eigenvalue weighted by Gasteiger charge is -2.31. The van der Waals surface area contributed by atoms with Crippen LogP contribution in [-0.4, -0.2) is 41.1 Å². The Morgan fingerprint density at radius 3 is 2.67 bits per heavy atom. The van der Waals surface area contributed by atoms with Gasteiger partial charge in [-0.1, -0.05) is 30.3 Å². The molecule has 1 saturated heterocycles. The van der Waals surface area contributed by atoms with E-state index in [0.717, 1.165) is 12.0 Å². The minimum absolute atomic E-state index is 0.0599. The zero-order chi connectivity index (χ0) is 15.2. The van der Waals surface area contributed by atoms with Crippen LogP contribution >= 0.6 is 0 Å². The van der Waals surface area contributed by atoms with Crippen molar-refractivity contribution in [2.45, 2.75) is 38.3 Å². The van der Waals surface area contributed by atoms with Crippen LogP contribution in [0.3, 0.4) is 0 Å². The molecule has 1 aliphatic heterocycles. The molecular formula is C16H21NO4. The fourth-order valence-electron chi connectivity index (χ4n) is 2.58. The average Bonchev–Trinajstić information content (AvgIpc) is 3.02. The van der Waals surface area contributed by atoms with Crippen LogP contribution in [0, 0.1) is 0 Å². The number of carbonyl (C=O) groups excluding carboxylic acids is 1. The van der Waals surface area contributed by atoms with E-state index < -0.39 is 12.1 Å². The summed E-state index contributed by atoms with van der Waals surface area (Å²) < 4.78 is 5.45. The van der Waals surface area contributed by atoms with Crippen molar-refractivity contribution in [2.24, 2.45) is 0 Å². The third-order valence-electron chi connectivity index (χ3n) is 3.80. The first-order chi connectivity index (χ1) is 10.1. The highest BCUT2D eigenvalue weighted by Crippen LogP contribution is 2.24. The van der Waals surface area contributed by atoms with Crippen molar-refractivity contribution in [3.63, 3.8) is 0 Å². The Hall–Kier alpha value is -1.88. The third kappa shape index (κ3) is 4.04. The van der Waals surface area contributed by atoms with Crippen molar-refractivity contribution >= 4 is 11.9 Å².